The maximum atomic E-state index is 4.31. The van der Waals surface area contributed by atoms with Gasteiger partial charge in [0.2, 0.25) is 0 Å². The molecule has 0 bridgehead atoms. The zero-order valence-corrected chi connectivity index (χ0v) is 10.6. The highest BCUT2D eigenvalue weighted by Crippen LogP contribution is 2.21. The number of nitrogens with zero attached hydrogens (tertiary/aromatic N) is 4. The van der Waals surface area contributed by atoms with Crippen molar-refractivity contribution < 1.29 is 0 Å². The summed E-state index contributed by atoms with van der Waals surface area (Å²) < 4.78 is 1.80. The Kier molecular flexibility index (Phi) is 3.58. The van der Waals surface area contributed by atoms with E-state index in [4.69, 9.17) is 0 Å². The zero-order chi connectivity index (χ0) is 12.3. The molecule has 0 atom stereocenters. The Morgan fingerprint density at radius 3 is 2.94 bits per heavy atom. The monoisotopic (exact) mass is 233 g/mol. The largest absolute Gasteiger partial charge is 0.302 e. The van der Waals surface area contributed by atoms with Crippen molar-refractivity contribution in [1.82, 2.24) is 24.9 Å². The first-order chi connectivity index (χ1) is 8.20. The molecule has 92 valence electrons. The van der Waals surface area contributed by atoms with Crippen LogP contribution in [0.1, 0.15) is 18.9 Å². The van der Waals surface area contributed by atoms with Gasteiger partial charge in [-0.15, -0.1) is 0 Å². The summed E-state index contributed by atoms with van der Waals surface area (Å²) in [7, 11) is 4.04. The Hall–Kier alpha value is -1.62. The van der Waals surface area contributed by atoms with Gasteiger partial charge in [0, 0.05) is 37.1 Å². The van der Waals surface area contributed by atoms with Gasteiger partial charge in [-0.05, 0) is 20.0 Å². The molecule has 5 nitrogen and oxygen atoms in total. The molecule has 0 amide bonds. The van der Waals surface area contributed by atoms with Crippen LogP contribution in [0.2, 0.25) is 0 Å². The van der Waals surface area contributed by atoms with E-state index in [1.165, 1.54) is 5.56 Å². The zero-order valence-electron chi connectivity index (χ0n) is 10.6. The van der Waals surface area contributed by atoms with Crippen LogP contribution in [0.15, 0.2) is 18.6 Å². The number of aromatic amines is 1. The predicted octanol–water partition coefficient (Wildman–Crippen LogP) is 1.65. The van der Waals surface area contributed by atoms with Crippen molar-refractivity contribution in [1.29, 1.82) is 0 Å². The molecule has 0 radical (unpaired) electrons. The maximum absolute atomic E-state index is 4.31. The quantitative estimate of drug-likeness (QED) is 0.854. The third-order valence-electron chi connectivity index (χ3n) is 2.74. The molecule has 0 saturated heterocycles. The van der Waals surface area contributed by atoms with E-state index >= 15 is 0 Å². The highest BCUT2D eigenvalue weighted by molar-refractivity contribution is 5.60. The number of rotatable bonds is 5. The second kappa shape index (κ2) is 5.14. The van der Waals surface area contributed by atoms with E-state index in [0.29, 0.717) is 0 Å². The molecular formula is C12H19N5. The maximum Gasteiger partial charge on any atom is 0.0997 e. The lowest BCUT2D eigenvalue weighted by Gasteiger charge is -2.14. The molecule has 2 heterocycles. The van der Waals surface area contributed by atoms with Crippen molar-refractivity contribution in [2.24, 2.45) is 7.05 Å². The van der Waals surface area contributed by atoms with Crippen molar-refractivity contribution >= 4 is 0 Å². The van der Waals surface area contributed by atoms with Gasteiger partial charge in [-0.2, -0.15) is 10.2 Å². The highest BCUT2D eigenvalue weighted by Gasteiger charge is 2.11. The Balaban J connectivity index is 2.17. The van der Waals surface area contributed by atoms with E-state index in [0.717, 1.165) is 30.8 Å². The molecule has 0 spiro atoms. The number of nitrogens with one attached hydrogen (secondary N) is 1. The predicted molar refractivity (Wildman–Crippen MR) is 67.4 cm³/mol. The van der Waals surface area contributed by atoms with Gasteiger partial charge in [0.15, 0.2) is 0 Å². The van der Waals surface area contributed by atoms with Crippen LogP contribution >= 0.6 is 0 Å². The second-order valence-corrected chi connectivity index (χ2v) is 4.40. The van der Waals surface area contributed by atoms with E-state index in [2.05, 4.69) is 34.2 Å². The number of hydrogen-bond donors (Lipinski definition) is 1. The molecule has 0 aliphatic heterocycles. The minimum absolute atomic E-state index is 0.911. The van der Waals surface area contributed by atoms with Crippen LogP contribution in [-0.4, -0.2) is 38.5 Å². The summed E-state index contributed by atoms with van der Waals surface area (Å²) in [5, 5.41) is 11.4. The summed E-state index contributed by atoms with van der Waals surface area (Å²) in [6.07, 6.45) is 6.96. The van der Waals surface area contributed by atoms with Gasteiger partial charge < -0.3 is 4.90 Å². The molecule has 17 heavy (non-hydrogen) atoms. The Morgan fingerprint density at radius 2 is 2.29 bits per heavy atom. The Labute approximate surface area is 101 Å². The fourth-order valence-electron chi connectivity index (χ4n) is 1.98. The van der Waals surface area contributed by atoms with Crippen molar-refractivity contribution in [3.63, 3.8) is 0 Å². The molecule has 1 N–H and O–H groups in total. The lowest BCUT2D eigenvalue weighted by molar-refractivity contribution is 0.328. The molecule has 0 saturated carbocycles. The lowest BCUT2D eigenvalue weighted by Crippen LogP contribution is -2.18. The fraction of sp³-hybridized carbons (Fsp3) is 0.500. The SMILES string of the molecule is CCCN(C)Cc1c[nH]nc1-c1cnn(C)c1. The number of hydrogen-bond acceptors (Lipinski definition) is 3. The second-order valence-electron chi connectivity index (χ2n) is 4.40. The molecule has 0 aliphatic rings. The van der Waals surface area contributed by atoms with E-state index in [9.17, 15) is 0 Å². The molecule has 0 aromatic carbocycles. The van der Waals surface area contributed by atoms with Crippen LogP contribution in [0.4, 0.5) is 0 Å². The summed E-state index contributed by atoms with van der Waals surface area (Å²) in [5.41, 5.74) is 3.28. The molecular weight excluding hydrogens is 214 g/mol. The van der Waals surface area contributed by atoms with Crippen LogP contribution in [0.3, 0.4) is 0 Å². The third kappa shape index (κ3) is 2.74. The number of aryl methyl sites for hydroxylation is 1. The van der Waals surface area contributed by atoms with Crippen LogP contribution in [0.25, 0.3) is 11.3 Å². The molecule has 2 aromatic rings. The van der Waals surface area contributed by atoms with Gasteiger partial charge in [-0.1, -0.05) is 6.92 Å². The van der Waals surface area contributed by atoms with E-state index < -0.39 is 0 Å². The Morgan fingerprint density at radius 1 is 1.47 bits per heavy atom. The van der Waals surface area contributed by atoms with E-state index in [1.807, 2.05) is 25.6 Å². The Bertz CT molecular complexity index is 471. The van der Waals surface area contributed by atoms with Gasteiger partial charge in [0.05, 0.1) is 11.9 Å². The minimum atomic E-state index is 0.911. The van der Waals surface area contributed by atoms with E-state index in [-0.39, 0.29) is 0 Å². The molecule has 2 rings (SSSR count). The summed E-state index contributed by atoms with van der Waals surface area (Å²) in [6.45, 7) is 4.19. The first-order valence-corrected chi connectivity index (χ1v) is 5.91. The number of aromatic nitrogens is 4. The molecule has 5 heteroatoms. The molecule has 0 unspecified atom stereocenters. The van der Waals surface area contributed by atoms with Crippen LogP contribution in [-0.2, 0) is 13.6 Å². The van der Waals surface area contributed by atoms with Crippen molar-refractivity contribution in [2.75, 3.05) is 13.6 Å². The van der Waals surface area contributed by atoms with Gasteiger partial charge in [0.25, 0.3) is 0 Å². The minimum Gasteiger partial charge on any atom is -0.302 e. The number of H-pyrrole nitrogens is 1. The first kappa shape index (κ1) is 11.9. The average molecular weight is 233 g/mol. The summed E-state index contributed by atoms with van der Waals surface area (Å²) in [6, 6.07) is 0. The summed E-state index contributed by atoms with van der Waals surface area (Å²) in [5.74, 6) is 0. The average Bonchev–Trinajstić information content (AvgIpc) is 2.87. The molecule has 0 aliphatic carbocycles. The lowest BCUT2D eigenvalue weighted by atomic mass is 10.1. The van der Waals surface area contributed by atoms with Crippen LogP contribution < -0.4 is 0 Å². The van der Waals surface area contributed by atoms with Crippen LogP contribution in [0, 0.1) is 0 Å². The van der Waals surface area contributed by atoms with Crippen LogP contribution in [0.5, 0.6) is 0 Å². The summed E-state index contributed by atoms with van der Waals surface area (Å²) >= 11 is 0. The third-order valence-corrected chi connectivity index (χ3v) is 2.74. The summed E-state index contributed by atoms with van der Waals surface area (Å²) in [4.78, 5) is 2.30. The van der Waals surface area contributed by atoms with Gasteiger partial charge in [-0.25, -0.2) is 0 Å². The topological polar surface area (TPSA) is 49.7 Å². The van der Waals surface area contributed by atoms with Gasteiger partial charge in [0.1, 0.15) is 0 Å². The normalized spacial score (nSPS) is 11.3. The standard InChI is InChI=1S/C12H19N5/c1-4-5-16(2)8-10-6-13-15-12(10)11-7-14-17(3)9-11/h6-7,9H,4-5,8H2,1-3H3,(H,13,15). The van der Waals surface area contributed by atoms with Gasteiger partial charge >= 0.3 is 0 Å². The molecule has 2 aromatic heterocycles. The smallest absolute Gasteiger partial charge is 0.0997 e. The van der Waals surface area contributed by atoms with Crippen molar-refractivity contribution in [3.05, 3.63) is 24.2 Å². The fourth-order valence-corrected chi connectivity index (χ4v) is 1.98. The molecule has 0 fully saturated rings. The van der Waals surface area contributed by atoms with Gasteiger partial charge in [-0.3, -0.25) is 9.78 Å². The van der Waals surface area contributed by atoms with Crippen molar-refractivity contribution in [3.8, 4) is 11.3 Å². The van der Waals surface area contributed by atoms with E-state index in [1.54, 1.807) is 4.68 Å². The highest BCUT2D eigenvalue weighted by atomic mass is 15.2. The van der Waals surface area contributed by atoms with Crippen molar-refractivity contribution in [2.45, 2.75) is 19.9 Å². The first-order valence-electron chi connectivity index (χ1n) is 5.91.